The van der Waals surface area contributed by atoms with E-state index >= 15 is 0 Å². The molecule has 1 heterocycles. The number of sulfonamides is 1. The van der Waals surface area contributed by atoms with Gasteiger partial charge in [0, 0.05) is 18.0 Å². The summed E-state index contributed by atoms with van der Waals surface area (Å²) in [4.78, 5) is 10.9. The minimum absolute atomic E-state index is 0.0341. The number of carboxylic acid groups (broad SMARTS) is 1. The third-order valence-corrected chi connectivity index (χ3v) is 5.60. The Bertz CT molecular complexity index is 546. The Hall–Kier alpha value is -0.920. The van der Waals surface area contributed by atoms with E-state index in [1.165, 1.54) is 15.8 Å². The number of thiophene rings is 1. The zero-order valence-electron chi connectivity index (χ0n) is 11.5. The van der Waals surface area contributed by atoms with Crippen molar-refractivity contribution in [2.24, 2.45) is 5.92 Å². The highest BCUT2D eigenvalue weighted by Crippen LogP contribution is 2.24. The lowest BCUT2D eigenvalue weighted by atomic mass is 10.2. The summed E-state index contributed by atoms with van der Waals surface area (Å²) in [6.45, 7) is 7.93. The predicted octanol–water partition coefficient (Wildman–Crippen LogP) is 2.50. The first-order valence-corrected chi connectivity index (χ1v) is 8.32. The van der Waals surface area contributed by atoms with Crippen LogP contribution in [0.1, 0.15) is 37.4 Å². The molecule has 1 aromatic rings. The highest BCUT2D eigenvalue weighted by molar-refractivity contribution is 7.89. The normalized spacial score (nSPS) is 12.6. The van der Waals surface area contributed by atoms with Gasteiger partial charge < -0.3 is 5.11 Å². The molecule has 1 aromatic heterocycles. The van der Waals surface area contributed by atoms with E-state index in [0.29, 0.717) is 6.54 Å². The van der Waals surface area contributed by atoms with Crippen molar-refractivity contribution < 1.29 is 18.3 Å². The maximum Gasteiger partial charge on any atom is 0.345 e. The summed E-state index contributed by atoms with van der Waals surface area (Å²) in [7, 11) is -3.63. The average Bonchev–Trinajstić information content (AvgIpc) is 2.74. The second-order valence-corrected chi connectivity index (χ2v) is 7.82. The fourth-order valence-corrected chi connectivity index (χ4v) is 4.55. The smallest absolute Gasteiger partial charge is 0.345 e. The van der Waals surface area contributed by atoms with Gasteiger partial charge in [0.25, 0.3) is 0 Å². The summed E-state index contributed by atoms with van der Waals surface area (Å²) >= 11 is 0.927. The molecule has 19 heavy (non-hydrogen) atoms. The van der Waals surface area contributed by atoms with Crippen molar-refractivity contribution in [1.29, 1.82) is 0 Å². The van der Waals surface area contributed by atoms with Crippen LogP contribution in [-0.4, -0.2) is 36.4 Å². The molecule has 0 radical (unpaired) electrons. The number of carbonyl (C=O) groups is 1. The van der Waals surface area contributed by atoms with E-state index in [1.54, 1.807) is 0 Å². The van der Waals surface area contributed by atoms with Gasteiger partial charge in [-0.05, 0) is 25.8 Å². The molecule has 0 aliphatic carbocycles. The molecule has 108 valence electrons. The van der Waals surface area contributed by atoms with Crippen LogP contribution in [0.2, 0.25) is 0 Å². The molecule has 0 aliphatic heterocycles. The molecule has 0 amide bonds. The van der Waals surface area contributed by atoms with E-state index in [9.17, 15) is 13.2 Å². The molecule has 0 fully saturated rings. The molecule has 5 nitrogen and oxygen atoms in total. The number of hydrogen-bond acceptors (Lipinski definition) is 4. The van der Waals surface area contributed by atoms with Gasteiger partial charge in [-0.1, -0.05) is 13.8 Å². The lowest BCUT2D eigenvalue weighted by Crippen LogP contribution is -2.39. The summed E-state index contributed by atoms with van der Waals surface area (Å²) in [5.41, 5.74) is 0. The van der Waals surface area contributed by atoms with Crippen molar-refractivity contribution in [3.8, 4) is 0 Å². The summed E-state index contributed by atoms with van der Waals surface area (Å²) < 4.78 is 26.4. The van der Waals surface area contributed by atoms with Gasteiger partial charge in [-0.15, -0.1) is 11.3 Å². The van der Waals surface area contributed by atoms with Gasteiger partial charge in [0.05, 0.1) is 4.90 Å². The largest absolute Gasteiger partial charge is 0.477 e. The molecule has 0 aliphatic rings. The topological polar surface area (TPSA) is 74.7 Å². The molecule has 0 atom stereocenters. The summed E-state index contributed by atoms with van der Waals surface area (Å²) in [6, 6.07) is 1.05. The zero-order valence-corrected chi connectivity index (χ0v) is 13.1. The van der Waals surface area contributed by atoms with Crippen molar-refractivity contribution in [3.63, 3.8) is 0 Å². The molecule has 0 saturated carbocycles. The second kappa shape index (κ2) is 6.02. The Morgan fingerprint density at radius 2 is 1.95 bits per heavy atom. The van der Waals surface area contributed by atoms with E-state index in [4.69, 9.17) is 5.11 Å². The highest BCUT2D eigenvalue weighted by atomic mass is 32.2. The minimum Gasteiger partial charge on any atom is -0.477 e. The third-order valence-electron chi connectivity index (χ3n) is 2.51. The van der Waals surface area contributed by atoms with E-state index in [2.05, 4.69) is 0 Å². The Balaban J connectivity index is 3.15. The molecule has 0 spiro atoms. The van der Waals surface area contributed by atoms with Crippen LogP contribution in [0.4, 0.5) is 0 Å². The quantitative estimate of drug-likeness (QED) is 0.876. The zero-order chi connectivity index (χ0) is 14.8. The molecule has 1 rings (SSSR count). The summed E-state index contributed by atoms with van der Waals surface area (Å²) in [6.07, 6.45) is 0. The van der Waals surface area contributed by atoms with Gasteiger partial charge in [-0.3, -0.25) is 0 Å². The van der Waals surface area contributed by atoms with E-state index in [-0.39, 0.29) is 21.7 Å². The lowest BCUT2D eigenvalue weighted by molar-refractivity contribution is 0.0702. The van der Waals surface area contributed by atoms with Crippen molar-refractivity contribution in [2.75, 3.05) is 6.54 Å². The minimum atomic E-state index is -3.63. The first-order valence-electron chi connectivity index (χ1n) is 6.00. The summed E-state index contributed by atoms with van der Waals surface area (Å²) in [5, 5.41) is 10.2. The van der Waals surface area contributed by atoms with Crippen LogP contribution in [0, 0.1) is 5.92 Å². The maximum absolute atomic E-state index is 12.5. The van der Waals surface area contributed by atoms with Crippen molar-refractivity contribution >= 4 is 27.3 Å². The Morgan fingerprint density at radius 1 is 1.37 bits per heavy atom. The Labute approximate surface area is 117 Å². The van der Waals surface area contributed by atoms with Gasteiger partial charge >= 0.3 is 5.97 Å². The molecule has 7 heteroatoms. The van der Waals surface area contributed by atoms with Gasteiger partial charge in [0.2, 0.25) is 10.0 Å². The molecule has 0 saturated heterocycles. The fraction of sp³-hybridized carbons (Fsp3) is 0.583. The molecular weight excluding hydrogens is 286 g/mol. The standard InChI is InChI=1S/C12H19NO4S2/c1-8(2)6-13(9(3)4)19(16,17)10-5-11(12(14)15)18-7-10/h5,7-9H,6H2,1-4H3,(H,14,15). The highest BCUT2D eigenvalue weighted by Gasteiger charge is 2.29. The van der Waals surface area contributed by atoms with Crippen molar-refractivity contribution in [1.82, 2.24) is 4.31 Å². The maximum atomic E-state index is 12.5. The van der Waals surface area contributed by atoms with Crippen LogP contribution in [0.25, 0.3) is 0 Å². The number of rotatable bonds is 6. The van der Waals surface area contributed by atoms with Gasteiger partial charge in [-0.25, -0.2) is 13.2 Å². The van der Waals surface area contributed by atoms with Crippen molar-refractivity contribution in [3.05, 3.63) is 16.3 Å². The lowest BCUT2D eigenvalue weighted by Gasteiger charge is -2.27. The molecular formula is C12H19NO4S2. The third kappa shape index (κ3) is 3.77. The van der Waals surface area contributed by atoms with E-state index in [0.717, 1.165) is 11.3 Å². The van der Waals surface area contributed by atoms with Crippen LogP contribution >= 0.6 is 11.3 Å². The van der Waals surface area contributed by atoms with Crippen LogP contribution in [0.5, 0.6) is 0 Å². The number of hydrogen-bond donors (Lipinski definition) is 1. The van der Waals surface area contributed by atoms with Crippen LogP contribution in [-0.2, 0) is 10.0 Å². The van der Waals surface area contributed by atoms with E-state index in [1.807, 2.05) is 27.7 Å². The molecule has 0 aromatic carbocycles. The number of carboxylic acids is 1. The monoisotopic (exact) mass is 305 g/mol. The molecule has 0 bridgehead atoms. The molecule has 0 unspecified atom stereocenters. The second-order valence-electron chi connectivity index (χ2n) is 5.01. The van der Waals surface area contributed by atoms with Gasteiger partial charge in [0.1, 0.15) is 4.88 Å². The number of aromatic carboxylic acids is 1. The first-order chi connectivity index (χ1) is 8.66. The Morgan fingerprint density at radius 3 is 2.32 bits per heavy atom. The predicted molar refractivity (Wildman–Crippen MR) is 75.1 cm³/mol. The SMILES string of the molecule is CC(C)CN(C(C)C)S(=O)(=O)c1csc(C(=O)O)c1. The summed E-state index contributed by atoms with van der Waals surface area (Å²) in [5.74, 6) is -0.902. The first kappa shape index (κ1) is 16.1. The van der Waals surface area contributed by atoms with Crippen LogP contribution in [0.3, 0.4) is 0 Å². The molecule has 1 N–H and O–H groups in total. The average molecular weight is 305 g/mol. The van der Waals surface area contributed by atoms with Crippen LogP contribution in [0.15, 0.2) is 16.3 Å². The van der Waals surface area contributed by atoms with Crippen LogP contribution < -0.4 is 0 Å². The Kier molecular flexibility index (Phi) is 5.11. The van der Waals surface area contributed by atoms with E-state index < -0.39 is 16.0 Å². The number of nitrogens with zero attached hydrogens (tertiary/aromatic N) is 1. The van der Waals surface area contributed by atoms with Gasteiger partial charge in [-0.2, -0.15) is 4.31 Å². The fourth-order valence-electron chi connectivity index (χ4n) is 1.65. The van der Waals surface area contributed by atoms with Gasteiger partial charge in [0.15, 0.2) is 0 Å². The van der Waals surface area contributed by atoms with Crippen molar-refractivity contribution in [2.45, 2.75) is 38.6 Å².